The van der Waals surface area contributed by atoms with Gasteiger partial charge in [0.1, 0.15) is 6.54 Å². The van der Waals surface area contributed by atoms with E-state index in [1.165, 1.54) is 0 Å². The molecular weight excluding hydrogens is 420 g/mol. The van der Waals surface area contributed by atoms with Crippen molar-refractivity contribution in [3.63, 3.8) is 0 Å². The molecule has 10 nitrogen and oxygen atoms in total. The summed E-state index contributed by atoms with van der Waals surface area (Å²) in [6.07, 6.45) is 1.53. The van der Waals surface area contributed by atoms with E-state index < -0.39 is 5.56 Å². The van der Waals surface area contributed by atoms with Gasteiger partial charge in [0.05, 0.1) is 29.5 Å². The predicted octanol–water partition coefficient (Wildman–Crippen LogP) is 3.10. The highest BCUT2D eigenvalue weighted by Gasteiger charge is 2.14. The number of nitriles is 3. The second kappa shape index (κ2) is 10.3. The summed E-state index contributed by atoms with van der Waals surface area (Å²) >= 11 is 0. The molecule has 0 aliphatic rings. The van der Waals surface area contributed by atoms with Crippen LogP contribution in [-0.4, -0.2) is 21.1 Å². The van der Waals surface area contributed by atoms with Gasteiger partial charge < -0.3 is 10.6 Å². The molecule has 0 atom stereocenters. The largest absolute Gasteiger partial charge is 0.335 e. The third kappa shape index (κ3) is 5.38. The van der Waals surface area contributed by atoms with Gasteiger partial charge in [0.25, 0.3) is 0 Å². The second-order valence-electron chi connectivity index (χ2n) is 7.00. The van der Waals surface area contributed by atoms with Crippen molar-refractivity contribution >= 4 is 29.4 Å². The molecule has 0 aliphatic heterocycles. The Bertz CT molecular complexity index is 1370. The van der Waals surface area contributed by atoms with E-state index in [1.54, 1.807) is 37.3 Å². The van der Waals surface area contributed by atoms with Crippen LogP contribution in [0.2, 0.25) is 0 Å². The zero-order valence-corrected chi connectivity index (χ0v) is 17.7. The van der Waals surface area contributed by atoms with Crippen LogP contribution in [0.25, 0.3) is 0 Å². The molecule has 1 heterocycles. The number of aryl methyl sites for hydroxylation is 2. The zero-order valence-electron chi connectivity index (χ0n) is 17.7. The van der Waals surface area contributed by atoms with Crippen LogP contribution >= 0.6 is 0 Å². The Labute approximate surface area is 189 Å². The van der Waals surface area contributed by atoms with Crippen molar-refractivity contribution in [2.75, 3.05) is 10.6 Å². The maximum atomic E-state index is 12.7. The Hall–Kier alpha value is -5.01. The molecule has 0 radical (unpaired) electrons. The molecule has 3 aromatic rings. The number of nitrogens with one attached hydrogen (secondary N) is 2. The molecule has 33 heavy (non-hydrogen) atoms. The van der Waals surface area contributed by atoms with Crippen LogP contribution in [-0.2, 0) is 13.0 Å². The average Bonchev–Trinajstić information content (AvgIpc) is 2.82. The van der Waals surface area contributed by atoms with E-state index in [0.29, 0.717) is 41.6 Å². The molecule has 162 valence electrons. The minimum atomic E-state index is -0.606. The van der Waals surface area contributed by atoms with E-state index in [0.717, 1.165) is 15.8 Å². The van der Waals surface area contributed by atoms with Crippen LogP contribution in [0.4, 0.5) is 23.1 Å². The van der Waals surface area contributed by atoms with Crippen LogP contribution in [0.1, 0.15) is 33.5 Å². The van der Waals surface area contributed by atoms with Gasteiger partial charge in [-0.25, -0.2) is 4.68 Å². The summed E-state index contributed by atoms with van der Waals surface area (Å²) in [7, 11) is 0. The Morgan fingerprint density at radius 3 is 2.48 bits per heavy atom. The molecule has 1 aromatic heterocycles. The third-order valence-electron chi connectivity index (χ3n) is 4.68. The van der Waals surface area contributed by atoms with Gasteiger partial charge in [0.15, 0.2) is 6.29 Å². The first kappa shape index (κ1) is 22.7. The standard InChI is InChI=1S/C23H18N8O2/c1-15-11-17(3-2-8-24)12-18(14-32)20(15)28-23-29-21(22(33)31(30-23)10-9-25)27-19-6-4-16(13-26)5-7-19/h4-7,11-12,14H,2-3,10H2,1H3,(H2,27,28,29,30). The number of carbonyl (C=O) groups is 1. The van der Waals surface area contributed by atoms with Crippen molar-refractivity contribution < 1.29 is 4.79 Å². The van der Waals surface area contributed by atoms with Crippen LogP contribution in [0.5, 0.6) is 0 Å². The van der Waals surface area contributed by atoms with E-state index in [4.69, 9.17) is 15.8 Å². The number of hydrogen-bond acceptors (Lipinski definition) is 9. The summed E-state index contributed by atoms with van der Waals surface area (Å²) in [5, 5.41) is 36.8. The summed E-state index contributed by atoms with van der Waals surface area (Å²) in [5.41, 5.74) is 2.76. The van der Waals surface area contributed by atoms with Gasteiger partial charge in [-0.3, -0.25) is 9.59 Å². The van der Waals surface area contributed by atoms with Crippen LogP contribution in [0.15, 0.2) is 41.2 Å². The van der Waals surface area contributed by atoms with Crippen molar-refractivity contribution in [3.8, 4) is 18.2 Å². The fourth-order valence-electron chi connectivity index (χ4n) is 3.14. The number of benzene rings is 2. The molecule has 2 aromatic carbocycles. The fraction of sp³-hybridized carbons (Fsp3) is 0.174. The van der Waals surface area contributed by atoms with Gasteiger partial charge in [-0.15, -0.1) is 5.10 Å². The first-order chi connectivity index (χ1) is 16.0. The van der Waals surface area contributed by atoms with Gasteiger partial charge in [-0.2, -0.15) is 20.8 Å². The lowest BCUT2D eigenvalue weighted by atomic mass is 10.0. The fourth-order valence-corrected chi connectivity index (χ4v) is 3.14. The number of hydrogen-bond donors (Lipinski definition) is 2. The summed E-state index contributed by atoms with van der Waals surface area (Å²) < 4.78 is 0.957. The Balaban J connectivity index is 2.00. The highest BCUT2D eigenvalue weighted by atomic mass is 16.1. The first-order valence-electron chi connectivity index (χ1n) is 9.85. The summed E-state index contributed by atoms with van der Waals surface area (Å²) in [4.78, 5) is 28.6. The molecule has 0 saturated carbocycles. The first-order valence-corrected chi connectivity index (χ1v) is 9.85. The molecule has 0 bridgehead atoms. The van der Waals surface area contributed by atoms with Gasteiger partial charge in [0, 0.05) is 17.7 Å². The summed E-state index contributed by atoms with van der Waals surface area (Å²) in [5.74, 6) is -0.0691. The third-order valence-corrected chi connectivity index (χ3v) is 4.68. The smallest absolute Gasteiger partial charge is 0.310 e. The summed E-state index contributed by atoms with van der Waals surface area (Å²) in [6.45, 7) is 1.50. The topological polar surface area (TPSA) is 160 Å². The maximum absolute atomic E-state index is 12.7. The van der Waals surface area contributed by atoms with Crippen molar-refractivity contribution in [3.05, 3.63) is 69.0 Å². The highest BCUT2D eigenvalue weighted by Crippen LogP contribution is 2.25. The molecule has 0 saturated heterocycles. The molecule has 0 unspecified atom stereocenters. The molecule has 2 N–H and O–H groups in total. The van der Waals surface area contributed by atoms with Gasteiger partial charge in [-0.1, -0.05) is 6.07 Å². The van der Waals surface area contributed by atoms with Crippen LogP contribution in [0, 0.1) is 40.9 Å². The van der Waals surface area contributed by atoms with E-state index >= 15 is 0 Å². The van der Waals surface area contributed by atoms with Gasteiger partial charge in [0.2, 0.25) is 11.8 Å². The lowest BCUT2D eigenvalue weighted by Crippen LogP contribution is -2.27. The molecule has 0 spiro atoms. The van der Waals surface area contributed by atoms with E-state index in [1.807, 2.05) is 18.2 Å². The minimum Gasteiger partial charge on any atom is -0.335 e. The number of aldehydes is 1. The van der Waals surface area contributed by atoms with E-state index in [2.05, 4.69) is 26.8 Å². The average molecular weight is 438 g/mol. The Morgan fingerprint density at radius 1 is 1.09 bits per heavy atom. The minimum absolute atomic E-state index is 0.0111. The predicted molar refractivity (Wildman–Crippen MR) is 120 cm³/mol. The van der Waals surface area contributed by atoms with Crippen molar-refractivity contribution in [1.29, 1.82) is 15.8 Å². The van der Waals surface area contributed by atoms with Crippen molar-refractivity contribution in [2.24, 2.45) is 0 Å². The number of rotatable bonds is 8. The number of carbonyl (C=O) groups excluding carboxylic acids is 1. The van der Waals surface area contributed by atoms with E-state index in [-0.39, 0.29) is 18.3 Å². The van der Waals surface area contributed by atoms with Crippen LogP contribution < -0.4 is 16.2 Å². The quantitative estimate of drug-likeness (QED) is 0.503. The maximum Gasteiger partial charge on any atom is 0.310 e. The van der Waals surface area contributed by atoms with Crippen LogP contribution in [0.3, 0.4) is 0 Å². The summed E-state index contributed by atoms with van der Waals surface area (Å²) in [6, 6.07) is 15.9. The lowest BCUT2D eigenvalue weighted by Gasteiger charge is -2.14. The molecule has 0 amide bonds. The Morgan fingerprint density at radius 2 is 1.85 bits per heavy atom. The highest BCUT2D eigenvalue weighted by molar-refractivity contribution is 5.87. The van der Waals surface area contributed by atoms with Crippen molar-refractivity contribution in [2.45, 2.75) is 26.3 Å². The molecule has 3 rings (SSSR count). The Kier molecular flexibility index (Phi) is 7.10. The molecule has 10 heteroatoms. The zero-order chi connectivity index (χ0) is 23.8. The normalized spacial score (nSPS) is 9.88. The number of anilines is 4. The van der Waals surface area contributed by atoms with E-state index in [9.17, 15) is 9.59 Å². The number of aromatic nitrogens is 3. The van der Waals surface area contributed by atoms with Gasteiger partial charge in [-0.05, 0) is 54.8 Å². The molecular formula is C23H18N8O2. The second-order valence-corrected chi connectivity index (χ2v) is 7.00. The SMILES string of the molecule is Cc1cc(CCC#N)cc(C=O)c1Nc1nc(Nc2ccc(C#N)cc2)c(=O)n(CC#N)n1. The molecule has 0 fully saturated rings. The monoisotopic (exact) mass is 438 g/mol. The number of nitrogens with zero attached hydrogens (tertiary/aromatic N) is 6. The van der Waals surface area contributed by atoms with Gasteiger partial charge >= 0.3 is 5.56 Å². The van der Waals surface area contributed by atoms with Crippen molar-refractivity contribution in [1.82, 2.24) is 14.8 Å². The lowest BCUT2D eigenvalue weighted by molar-refractivity contribution is 0.112. The molecule has 0 aliphatic carbocycles.